The highest BCUT2D eigenvalue weighted by atomic mass is 32.1. The molecule has 0 bridgehead atoms. The first kappa shape index (κ1) is 44.8. The third-order valence-electron chi connectivity index (χ3n) is 17.5. The Hall–Kier alpha value is -10.9. The Morgan fingerprint density at radius 3 is 1.25 bits per heavy atom. The molecule has 20 rings (SSSR count). The number of imidazole rings is 4. The van der Waals surface area contributed by atoms with Crippen molar-refractivity contribution >= 4 is 162 Å². The monoisotopic (exact) mass is 1110 g/mol. The number of nitrogens with zero attached hydrogens (tertiary/aromatic N) is 10. The summed E-state index contributed by atoms with van der Waals surface area (Å²) in [6.07, 6.45) is 3.93. The van der Waals surface area contributed by atoms with Gasteiger partial charge in [0.05, 0.1) is 64.6 Å². The zero-order valence-corrected chi connectivity index (χ0v) is 46.0. The van der Waals surface area contributed by atoms with Gasteiger partial charge >= 0.3 is 0 Å². The molecule has 20 aromatic rings. The summed E-state index contributed by atoms with van der Waals surface area (Å²) in [5, 5.41) is 9.46. The molecule has 0 aliphatic carbocycles. The van der Waals surface area contributed by atoms with Gasteiger partial charge in [-0.2, -0.15) is 0 Å². The molecule has 0 fully saturated rings. The van der Waals surface area contributed by atoms with Crippen LogP contribution in [0.4, 0.5) is 0 Å². The third kappa shape index (κ3) is 5.81. The van der Waals surface area contributed by atoms with Crippen LogP contribution in [0, 0.1) is 0 Å². The normalized spacial score (nSPS) is 12.5. The van der Waals surface area contributed by atoms with Crippen molar-refractivity contribution in [1.29, 1.82) is 0 Å². The van der Waals surface area contributed by atoms with Crippen LogP contribution in [-0.2, 0) is 0 Å². The van der Waals surface area contributed by atoms with Gasteiger partial charge in [0.25, 0.3) is 0 Å². The second-order valence-corrected chi connectivity index (χ2v) is 23.9. The minimum absolute atomic E-state index is 0.828. The van der Waals surface area contributed by atoms with Crippen molar-refractivity contribution in [2.45, 2.75) is 0 Å². The number of fused-ring (bicyclic) bond motifs is 24. The minimum atomic E-state index is 0.828. The molecule has 0 N–H and O–H groups in total. The fraction of sp³-hybridized carbons (Fsp3) is 0. The molecular weight excluding hydrogens is 1070 g/mol. The number of benzene rings is 10. The van der Waals surface area contributed by atoms with Crippen molar-refractivity contribution in [2.75, 3.05) is 0 Å². The topological polar surface area (TPSA) is 80.1 Å². The molecule has 0 aliphatic rings. The molecule has 390 valence electrons. The Bertz CT molecular complexity index is 6240. The summed E-state index contributed by atoms with van der Waals surface area (Å²) >= 11 is 3.60. The zero-order chi connectivity index (χ0) is 54.5. The maximum absolute atomic E-state index is 5.64. The van der Waals surface area contributed by atoms with E-state index in [0.29, 0.717) is 0 Å². The maximum Gasteiger partial charge on any atom is 0.222 e. The lowest BCUT2D eigenvalue weighted by Gasteiger charge is -2.08. The van der Waals surface area contributed by atoms with Crippen molar-refractivity contribution in [2.24, 2.45) is 0 Å². The Kier molecular flexibility index (Phi) is 8.74. The van der Waals surface area contributed by atoms with Crippen LogP contribution in [0.1, 0.15) is 0 Å². The summed E-state index contributed by atoms with van der Waals surface area (Å²) in [6, 6.07) is 83.0. The van der Waals surface area contributed by atoms with E-state index in [1.807, 2.05) is 23.7 Å². The fourth-order valence-electron chi connectivity index (χ4n) is 14.0. The number of thiophene rings is 2. The summed E-state index contributed by atoms with van der Waals surface area (Å²) in [6.45, 7) is 0. The van der Waals surface area contributed by atoms with E-state index in [0.717, 1.165) is 127 Å². The number of hydrogen-bond donors (Lipinski definition) is 0. The second-order valence-electron chi connectivity index (χ2n) is 21.8. The molecule has 10 heterocycles. The van der Waals surface area contributed by atoms with Crippen LogP contribution in [-0.4, -0.2) is 47.0 Å². The van der Waals surface area contributed by atoms with E-state index in [9.17, 15) is 0 Å². The number of aromatic nitrogens is 10. The molecule has 0 unspecified atom stereocenters. The van der Waals surface area contributed by atoms with Gasteiger partial charge in [0.2, 0.25) is 11.6 Å². The van der Waals surface area contributed by atoms with E-state index in [2.05, 4.69) is 258 Å². The fourth-order valence-corrected chi connectivity index (χ4v) is 16.4. The molecule has 0 saturated carbocycles. The summed E-state index contributed by atoms with van der Waals surface area (Å²) in [7, 11) is 0. The van der Waals surface area contributed by atoms with Gasteiger partial charge in [-0.25, -0.2) is 19.9 Å². The highest BCUT2D eigenvalue weighted by molar-refractivity contribution is 7.26. The molecule has 0 amide bonds. The summed E-state index contributed by atoms with van der Waals surface area (Å²) in [5.74, 6) is 3.47. The van der Waals surface area contributed by atoms with Gasteiger partial charge in [0, 0.05) is 76.3 Å². The van der Waals surface area contributed by atoms with Crippen molar-refractivity contribution in [1.82, 2.24) is 47.0 Å². The number of rotatable bonds is 5. The zero-order valence-electron chi connectivity index (χ0n) is 44.4. The standard InChI is InChI=1S/C72H40N10S2/c1-3-15-43(16-4-1)77-53-21-9-7-19-45(53)49-31-33-59-63(65(49)77)76-72-80(59)57-25-13-14-26-58(57)82(72)70-68-52(36-38-74-70)48-30-28-42(40-62(48)84-68)41-27-29-47-51-35-37-73-69(67(51)83-61(47)39-41)81-54-22-10-8-20-46(54)50-32-34-60-64(66(50)81)75-71-78(44-17-5-2-6-18-44)55-23-11-12-24-56(55)79(60)71/h1-40H. The third-order valence-corrected chi connectivity index (χ3v) is 19.9. The van der Waals surface area contributed by atoms with Crippen LogP contribution in [0.5, 0.6) is 0 Å². The second kappa shape index (κ2) is 16.4. The van der Waals surface area contributed by atoms with Crippen LogP contribution in [0.25, 0.3) is 174 Å². The molecule has 10 aromatic carbocycles. The average molecular weight is 1110 g/mol. The smallest absolute Gasteiger partial charge is 0.222 e. The van der Waals surface area contributed by atoms with Gasteiger partial charge in [0.15, 0.2) is 11.6 Å². The van der Waals surface area contributed by atoms with Gasteiger partial charge in [-0.1, -0.05) is 121 Å². The van der Waals surface area contributed by atoms with Crippen molar-refractivity contribution < 1.29 is 0 Å². The molecule has 0 aliphatic heterocycles. The maximum atomic E-state index is 5.64. The lowest BCUT2D eigenvalue weighted by Crippen LogP contribution is -1.98. The highest BCUT2D eigenvalue weighted by Gasteiger charge is 2.27. The summed E-state index contributed by atoms with van der Waals surface area (Å²) in [4.78, 5) is 21.7. The van der Waals surface area contributed by atoms with Gasteiger partial charge < -0.3 is 4.57 Å². The van der Waals surface area contributed by atoms with Gasteiger partial charge in [0.1, 0.15) is 11.0 Å². The summed E-state index contributed by atoms with van der Waals surface area (Å²) in [5.41, 5.74) is 17.2. The Labute approximate surface area is 483 Å². The largest absolute Gasteiger partial charge is 0.307 e. The van der Waals surface area contributed by atoms with Crippen molar-refractivity contribution in [3.63, 3.8) is 0 Å². The van der Waals surface area contributed by atoms with Crippen LogP contribution in [0.3, 0.4) is 0 Å². The van der Waals surface area contributed by atoms with Crippen LogP contribution < -0.4 is 0 Å². The molecule has 0 atom stereocenters. The van der Waals surface area contributed by atoms with Gasteiger partial charge in [-0.15, -0.1) is 22.7 Å². The van der Waals surface area contributed by atoms with Crippen molar-refractivity contribution in [3.05, 3.63) is 243 Å². The van der Waals surface area contributed by atoms with Crippen LogP contribution in [0.15, 0.2) is 243 Å². The molecule has 0 radical (unpaired) electrons. The van der Waals surface area contributed by atoms with Crippen LogP contribution in [0.2, 0.25) is 0 Å². The van der Waals surface area contributed by atoms with E-state index < -0.39 is 0 Å². The number of hydrogen-bond acceptors (Lipinski definition) is 6. The first-order valence-electron chi connectivity index (χ1n) is 28.1. The predicted molar refractivity (Wildman–Crippen MR) is 348 cm³/mol. The molecule has 10 aromatic heterocycles. The molecular formula is C72H40N10S2. The Balaban J connectivity index is 0.744. The van der Waals surface area contributed by atoms with E-state index in [4.69, 9.17) is 19.9 Å². The molecule has 84 heavy (non-hydrogen) atoms. The Morgan fingerprint density at radius 2 is 0.702 bits per heavy atom. The first-order chi connectivity index (χ1) is 41.7. The molecule has 12 heteroatoms. The molecule has 0 saturated heterocycles. The molecule has 10 nitrogen and oxygen atoms in total. The van der Waals surface area contributed by atoms with E-state index in [1.165, 1.54) is 47.1 Å². The van der Waals surface area contributed by atoms with E-state index in [-0.39, 0.29) is 0 Å². The lowest BCUT2D eigenvalue weighted by molar-refractivity contribution is 1.06. The SMILES string of the molecule is c1ccc(-n2c3ccccc3c3ccc4c(nc5n(-c6nccc7c6sc6cc(-c8ccc9c(c8)sc8c(-n%10c%11ccccc%11c%11ccc%12c(nc%13n(-c%14ccccc%14)c%14ccccc%14n%12%13)c%11%10)nccc89)ccc67)c6ccccc6n45)c32)cc1. The first-order valence-corrected chi connectivity index (χ1v) is 29.8. The number of pyridine rings is 2. The Morgan fingerprint density at radius 1 is 0.286 bits per heavy atom. The quantitative estimate of drug-likeness (QED) is 0.172. The number of para-hydroxylation sites is 8. The van der Waals surface area contributed by atoms with E-state index >= 15 is 0 Å². The van der Waals surface area contributed by atoms with Crippen LogP contribution >= 0.6 is 22.7 Å². The van der Waals surface area contributed by atoms with Gasteiger partial charge in [-0.3, -0.25) is 22.5 Å². The minimum Gasteiger partial charge on any atom is -0.307 e. The summed E-state index contributed by atoms with van der Waals surface area (Å²) < 4.78 is 18.6. The lowest BCUT2D eigenvalue weighted by atomic mass is 10.0. The van der Waals surface area contributed by atoms with Gasteiger partial charge in [-0.05, 0) is 120 Å². The van der Waals surface area contributed by atoms with Crippen molar-refractivity contribution in [3.8, 4) is 34.1 Å². The molecule has 0 spiro atoms. The van der Waals surface area contributed by atoms with E-state index in [1.54, 1.807) is 11.3 Å². The highest BCUT2D eigenvalue weighted by Crippen LogP contribution is 2.46. The average Bonchev–Trinajstić information content (AvgIpc) is 1.91. The predicted octanol–water partition coefficient (Wildman–Crippen LogP) is 18.6.